The van der Waals surface area contributed by atoms with E-state index in [-0.39, 0.29) is 0 Å². The topological polar surface area (TPSA) is 3.24 Å². The lowest BCUT2D eigenvalue weighted by Gasteiger charge is -2.36. The maximum absolute atomic E-state index is 2.39. The first-order valence-electron chi connectivity index (χ1n) is 6.46. The molecule has 1 aromatic rings. The second-order valence-corrected chi connectivity index (χ2v) is 5.30. The van der Waals surface area contributed by atoms with Crippen LogP contribution in [0.3, 0.4) is 0 Å². The summed E-state index contributed by atoms with van der Waals surface area (Å²) >= 11 is 0. The van der Waals surface area contributed by atoms with Gasteiger partial charge in [0.05, 0.1) is 0 Å². The zero-order valence-corrected chi connectivity index (χ0v) is 10.8. The largest absolute Gasteiger partial charge is 0.306 e. The number of benzene rings is 1. The van der Waals surface area contributed by atoms with E-state index in [2.05, 4.69) is 44.9 Å². The summed E-state index contributed by atoms with van der Waals surface area (Å²) < 4.78 is 0. The van der Waals surface area contributed by atoms with E-state index >= 15 is 0 Å². The van der Waals surface area contributed by atoms with Crippen LogP contribution in [0, 0.1) is 12.8 Å². The van der Waals surface area contributed by atoms with Crippen molar-refractivity contribution < 1.29 is 0 Å². The van der Waals surface area contributed by atoms with Gasteiger partial charge in [0.2, 0.25) is 0 Å². The molecule has 1 aliphatic rings. The maximum atomic E-state index is 2.39. The maximum Gasteiger partial charge on any atom is 0.101 e. The standard InChI is InChI=1S/C14H22BN/c1-11-7-12(5-6-15)3-4-14(11)8-13-9-16(2)10-13/h3-4,7,13H,5-6,8-10,15H2,1-2H3. The summed E-state index contributed by atoms with van der Waals surface area (Å²) in [6.45, 7) is 4.81. The van der Waals surface area contributed by atoms with Crippen molar-refractivity contribution in [2.75, 3.05) is 20.1 Å². The predicted molar refractivity (Wildman–Crippen MR) is 72.9 cm³/mol. The molecule has 1 saturated heterocycles. The van der Waals surface area contributed by atoms with Gasteiger partial charge in [-0.05, 0) is 49.4 Å². The Balaban J connectivity index is 1.99. The van der Waals surface area contributed by atoms with Crippen LogP contribution >= 0.6 is 0 Å². The summed E-state index contributed by atoms with van der Waals surface area (Å²) in [6.07, 6.45) is 3.72. The lowest BCUT2D eigenvalue weighted by molar-refractivity contribution is 0.134. The third kappa shape index (κ3) is 2.68. The number of likely N-dealkylation sites (tertiary alicyclic amines) is 1. The molecule has 0 N–H and O–H groups in total. The molecule has 1 aliphatic heterocycles. The minimum absolute atomic E-state index is 0.890. The van der Waals surface area contributed by atoms with Crippen LogP contribution in [0.25, 0.3) is 0 Å². The van der Waals surface area contributed by atoms with Gasteiger partial charge < -0.3 is 4.90 Å². The Labute approximate surface area is 100 Å². The molecule has 0 spiro atoms. The van der Waals surface area contributed by atoms with Crippen molar-refractivity contribution in [3.63, 3.8) is 0 Å². The second-order valence-electron chi connectivity index (χ2n) is 5.30. The fourth-order valence-electron chi connectivity index (χ4n) is 2.70. The van der Waals surface area contributed by atoms with Crippen molar-refractivity contribution in [1.29, 1.82) is 0 Å². The molecule has 0 radical (unpaired) electrons. The molecule has 1 nitrogen and oxygen atoms in total. The molecule has 0 unspecified atom stereocenters. The summed E-state index contributed by atoms with van der Waals surface area (Å²) in [7, 11) is 4.45. The highest BCUT2D eigenvalue weighted by molar-refractivity contribution is 6.08. The molecule has 2 rings (SSSR count). The molecule has 0 atom stereocenters. The quantitative estimate of drug-likeness (QED) is 0.691. The zero-order valence-electron chi connectivity index (χ0n) is 10.8. The summed E-state index contributed by atoms with van der Waals surface area (Å²) in [4.78, 5) is 2.39. The van der Waals surface area contributed by atoms with E-state index in [1.165, 1.54) is 43.4 Å². The van der Waals surface area contributed by atoms with Crippen LogP contribution in [0.2, 0.25) is 6.32 Å². The van der Waals surface area contributed by atoms with Crippen LogP contribution in [0.4, 0.5) is 0 Å². The fourth-order valence-corrected chi connectivity index (χ4v) is 2.70. The number of nitrogens with zero attached hydrogens (tertiary/aromatic N) is 1. The number of rotatable bonds is 4. The van der Waals surface area contributed by atoms with E-state index in [1.807, 2.05) is 0 Å². The van der Waals surface area contributed by atoms with Gasteiger partial charge in [-0.2, -0.15) is 0 Å². The predicted octanol–water partition coefficient (Wildman–Crippen LogP) is 1.69. The average Bonchev–Trinajstić information content (AvgIpc) is 2.20. The van der Waals surface area contributed by atoms with Crippen LogP contribution in [0.1, 0.15) is 16.7 Å². The zero-order chi connectivity index (χ0) is 11.5. The van der Waals surface area contributed by atoms with Gasteiger partial charge in [0.1, 0.15) is 7.85 Å². The Morgan fingerprint density at radius 1 is 1.38 bits per heavy atom. The Kier molecular flexibility index (Phi) is 3.70. The molecular formula is C14H22BN. The van der Waals surface area contributed by atoms with Crippen LogP contribution in [-0.2, 0) is 12.8 Å². The summed E-state index contributed by atoms with van der Waals surface area (Å²) in [5.74, 6) is 0.890. The van der Waals surface area contributed by atoms with Gasteiger partial charge in [-0.3, -0.25) is 0 Å². The van der Waals surface area contributed by atoms with Crippen molar-refractivity contribution >= 4 is 7.85 Å². The van der Waals surface area contributed by atoms with Crippen molar-refractivity contribution in [3.05, 3.63) is 34.9 Å². The second kappa shape index (κ2) is 5.05. The van der Waals surface area contributed by atoms with Crippen molar-refractivity contribution in [2.24, 2.45) is 5.92 Å². The Morgan fingerprint density at radius 2 is 2.12 bits per heavy atom. The molecule has 0 saturated carbocycles. The molecule has 0 aliphatic carbocycles. The Hall–Kier alpha value is -0.755. The Bertz CT molecular complexity index is 356. The van der Waals surface area contributed by atoms with Crippen molar-refractivity contribution in [2.45, 2.75) is 26.1 Å². The normalized spacial score (nSPS) is 17.4. The highest BCUT2D eigenvalue weighted by Gasteiger charge is 2.23. The summed E-state index contributed by atoms with van der Waals surface area (Å²) in [5.41, 5.74) is 4.54. The number of aryl methyl sites for hydroxylation is 2. The van der Waals surface area contributed by atoms with Gasteiger partial charge >= 0.3 is 0 Å². The molecule has 1 fully saturated rings. The molecule has 0 amide bonds. The first-order valence-corrected chi connectivity index (χ1v) is 6.46. The van der Waals surface area contributed by atoms with E-state index in [0.29, 0.717) is 0 Å². The van der Waals surface area contributed by atoms with E-state index in [9.17, 15) is 0 Å². The SMILES string of the molecule is BCCc1ccc(CC2CN(C)C2)c(C)c1. The summed E-state index contributed by atoms with van der Waals surface area (Å²) in [6, 6.07) is 7.04. The average molecular weight is 215 g/mol. The number of hydrogen-bond acceptors (Lipinski definition) is 1. The lowest BCUT2D eigenvalue weighted by Crippen LogP contribution is -2.44. The molecule has 1 heterocycles. The monoisotopic (exact) mass is 215 g/mol. The van der Waals surface area contributed by atoms with Gasteiger partial charge in [-0.1, -0.05) is 24.5 Å². The van der Waals surface area contributed by atoms with Crippen LogP contribution in [0.5, 0.6) is 0 Å². The Morgan fingerprint density at radius 3 is 2.69 bits per heavy atom. The third-order valence-electron chi connectivity index (χ3n) is 3.59. The van der Waals surface area contributed by atoms with E-state index in [0.717, 1.165) is 5.92 Å². The first-order chi connectivity index (χ1) is 7.69. The van der Waals surface area contributed by atoms with Gasteiger partial charge in [0.15, 0.2) is 0 Å². The third-order valence-corrected chi connectivity index (χ3v) is 3.59. The van der Waals surface area contributed by atoms with Crippen molar-refractivity contribution in [1.82, 2.24) is 4.90 Å². The van der Waals surface area contributed by atoms with Gasteiger partial charge in [0.25, 0.3) is 0 Å². The van der Waals surface area contributed by atoms with Gasteiger partial charge in [-0.25, -0.2) is 0 Å². The molecule has 86 valence electrons. The molecular weight excluding hydrogens is 193 g/mol. The van der Waals surface area contributed by atoms with E-state index in [1.54, 1.807) is 5.56 Å². The molecule has 0 bridgehead atoms. The molecule has 1 aromatic carbocycles. The minimum atomic E-state index is 0.890. The van der Waals surface area contributed by atoms with Crippen molar-refractivity contribution in [3.8, 4) is 0 Å². The highest BCUT2D eigenvalue weighted by atomic mass is 15.2. The minimum Gasteiger partial charge on any atom is -0.306 e. The van der Waals surface area contributed by atoms with Crippen LogP contribution in [0.15, 0.2) is 18.2 Å². The lowest BCUT2D eigenvalue weighted by atomic mass is 9.89. The molecule has 0 aromatic heterocycles. The highest BCUT2D eigenvalue weighted by Crippen LogP contribution is 2.21. The number of hydrogen-bond donors (Lipinski definition) is 0. The first kappa shape index (κ1) is 11.7. The fraction of sp³-hybridized carbons (Fsp3) is 0.571. The van der Waals surface area contributed by atoms with Gasteiger partial charge in [0, 0.05) is 13.1 Å². The van der Waals surface area contributed by atoms with Crippen LogP contribution in [-0.4, -0.2) is 32.9 Å². The van der Waals surface area contributed by atoms with Crippen LogP contribution < -0.4 is 0 Å². The smallest absolute Gasteiger partial charge is 0.101 e. The summed E-state index contributed by atoms with van der Waals surface area (Å²) in [5, 5.41) is 0. The van der Waals surface area contributed by atoms with Gasteiger partial charge in [-0.15, -0.1) is 0 Å². The molecule has 16 heavy (non-hydrogen) atoms. The van der Waals surface area contributed by atoms with E-state index < -0.39 is 0 Å². The molecule has 2 heteroatoms. The van der Waals surface area contributed by atoms with E-state index in [4.69, 9.17) is 0 Å².